The summed E-state index contributed by atoms with van der Waals surface area (Å²) in [7, 11) is 0. The molecule has 2 unspecified atom stereocenters. The molecule has 0 spiro atoms. The fourth-order valence-corrected chi connectivity index (χ4v) is 5.81. The molecule has 0 fully saturated rings. The fraction of sp³-hybridized carbons (Fsp3) is 0.267. The summed E-state index contributed by atoms with van der Waals surface area (Å²) in [5, 5.41) is 7.87. The van der Waals surface area contributed by atoms with Gasteiger partial charge >= 0.3 is 0 Å². The van der Waals surface area contributed by atoms with Crippen LogP contribution in [0.4, 0.5) is 0 Å². The molecule has 0 saturated carbocycles. The molecule has 6 heteroatoms. The lowest BCUT2D eigenvalue weighted by atomic mass is 9.89. The van der Waals surface area contributed by atoms with Crippen LogP contribution in [0.3, 0.4) is 0 Å². The highest BCUT2D eigenvalue weighted by atomic mass is 32.1. The quantitative estimate of drug-likeness (QED) is 0.300. The van der Waals surface area contributed by atoms with Crippen LogP contribution in [0.2, 0.25) is 0 Å². The Bertz CT molecular complexity index is 1350. The van der Waals surface area contributed by atoms with Crippen LogP contribution in [0.25, 0.3) is 11.0 Å². The minimum absolute atomic E-state index is 0.320. The van der Waals surface area contributed by atoms with Gasteiger partial charge in [-0.25, -0.2) is 4.98 Å². The van der Waals surface area contributed by atoms with E-state index < -0.39 is 0 Å². The number of aromatic amines is 1. The van der Waals surface area contributed by atoms with Gasteiger partial charge in [-0.3, -0.25) is 9.89 Å². The number of thiophene rings is 1. The van der Waals surface area contributed by atoms with Crippen molar-refractivity contribution < 1.29 is 0 Å². The van der Waals surface area contributed by atoms with Crippen molar-refractivity contribution in [3.63, 3.8) is 0 Å². The van der Waals surface area contributed by atoms with Crippen molar-refractivity contribution >= 4 is 28.6 Å². The first-order valence-electron chi connectivity index (χ1n) is 12.7. The lowest BCUT2D eigenvalue weighted by molar-refractivity contribution is 0.188. The molecule has 36 heavy (non-hydrogen) atoms. The molecule has 0 bridgehead atoms. The van der Waals surface area contributed by atoms with Gasteiger partial charge in [0.2, 0.25) is 0 Å². The van der Waals surface area contributed by atoms with E-state index in [0.29, 0.717) is 12.1 Å². The highest BCUT2D eigenvalue weighted by molar-refractivity contribution is 7.07. The molecule has 4 aromatic rings. The summed E-state index contributed by atoms with van der Waals surface area (Å²) in [5.41, 5.74) is 7.45. The van der Waals surface area contributed by atoms with E-state index in [9.17, 15) is 0 Å². The smallest absolute Gasteiger partial charge is 0.121 e. The van der Waals surface area contributed by atoms with Crippen LogP contribution in [-0.2, 0) is 26.2 Å². The van der Waals surface area contributed by atoms with Crippen LogP contribution < -0.4 is 5.32 Å². The summed E-state index contributed by atoms with van der Waals surface area (Å²) in [6, 6.07) is 20.2. The Labute approximate surface area is 216 Å². The maximum absolute atomic E-state index is 4.88. The average molecular weight is 494 g/mol. The first kappa shape index (κ1) is 23.1. The number of rotatable bonds is 9. The number of aromatic nitrogens is 2. The number of hydrogen-bond donors (Lipinski definition) is 2. The number of nitrogens with zero attached hydrogens (tertiary/aromatic N) is 3. The van der Waals surface area contributed by atoms with Crippen molar-refractivity contribution in [2.75, 3.05) is 0 Å². The van der Waals surface area contributed by atoms with Crippen LogP contribution in [-0.4, -0.2) is 33.2 Å². The maximum Gasteiger partial charge on any atom is 0.121 e. The van der Waals surface area contributed by atoms with Crippen LogP contribution in [0, 0.1) is 0 Å². The average Bonchev–Trinajstić information content (AvgIpc) is 3.58. The third-order valence-electron chi connectivity index (χ3n) is 7.05. The molecular weight excluding hydrogens is 462 g/mol. The van der Waals surface area contributed by atoms with E-state index in [-0.39, 0.29) is 0 Å². The Morgan fingerprint density at radius 1 is 0.944 bits per heavy atom. The number of nitrogens with one attached hydrogen (secondary N) is 2. The van der Waals surface area contributed by atoms with Gasteiger partial charge in [0.1, 0.15) is 5.82 Å². The number of dihydropyridines is 1. The lowest BCUT2D eigenvalue weighted by Gasteiger charge is -2.34. The molecular formula is C30H31N5S. The van der Waals surface area contributed by atoms with Gasteiger partial charge in [-0.2, -0.15) is 11.3 Å². The normalized spacial score (nSPS) is 19.1. The zero-order valence-corrected chi connectivity index (χ0v) is 21.1. The van der Waals surface area contributed by atoms with Crippen molar-refractivity contribution in [3.8, 4) is 0 Å². The fourth-order valence-electron chi connectivity index (χ4n) is 5.14. The number of para-hydroxylation sites is 2. The Kier molecular flexibility index (Phi) is 6.89. The molecule has 6 rings (SSSR count). The van der Waals surface area contributed by atoms with E-state index in [2.05, 4.69) is 97.7 Å². The standard InChI is InChI=1S/C30H31N5S/c1-2-6-29-28(5-1)33-30(34-29)20-35(26-11-12-27-25(16-26)4-3-14-32-27)19-23-9-7-22(8-10-23)17-31-18-24-13-15-36-21-24/h1-10,13-16,21,26-27,31H,11-12,17-20H2,(H,33,34). The molecule has 2 aromatic carbocycles. The predicted molar refractivity (Wildman–Crippen MR) is 149 cm³/mol. The Balaban J connectivity index is 1.18. The number of allylic oxidation sites excluding steroid dienone is 1. The molecule has 1 aliphatic carbocycles. The summed E-state index contributed by atoms with van der Waals surface area (Å²) in [6.07, 6.45) is 10.8. The van der Waals surface area contributed by atoms with Crippen molar-refractivity contribution in [1.29, 1.82) is 0 Å². The molecule has 0 saturated heterocycles. The van der Waals surface area contributed by atoms with E-state index in [0.717, 1.165) is 55.9 Å². The topological polar surface area (TPSA) is 56.3 Å². The monoisotopic (exact) mass is 493 g/mol. The summed E-state index contributed by atoms with van der Waals surface area (Å²) < 4.78 is 0. The van der Waals surface area contributed by atoms with Crippen molar-refractivity contribution in [2.45, 2.75) is 51.1 Å². The number of benzene rings is 2. The van der Waals surface area contributed by atoms with Crippen LogP contribution in [0.1, 0.15) is 35.4 Å². The van der Waals surface area contributed by atoms with Crippen LogP contribution in [0.15, 0.2) is 94.2 Å². The second-order valence-corrected chi connectivity index (χ2v) is 10.4. The molecule has 1 aliphatic heterocycles. The molecule has 182 valence electrons. The molecule has 2 atom stereocenters. The Morgan fingerprint density at radius 2 is 1.81 bits per heavy atom. The van der Waals surface area contributed by atoms with Gasteiger partial charge in [-0.1, -0.05) is 48.6 Å². The van der Waals surface area contributed by atoms with E-state index >= 15 is 0 Å². The second-order valence-electron chi connectivity index (χ2n) is 9.64. The first-order chi connectivity index (χ1) is 17.8. The van der Waals surface area contributed by atoms with Crippen LogP contribution in [0.5, 0.6) is 0 Å². The lowest BCUT2D eigenvalue weighted by Crippen LogP contribution is -2.37. The van der Waals surface area contributed by atoms with Gasteiger partial charge < -0.3 is 10.3 Å². The first-order valence-corrected chi connectivity index (χ1v) is 13.6. The zero-order chi connectivity index (χ0) is 24.2. The van der Waals surface area contributed by atoms with Crippen molar-refractivity contribution in [2.24, 2.45) is 4.99 Å². The summed E-state index contributed by atoms with van der Waals surface area (Å²) >= 11 is 1.75. The molecule has 0 amide bonds. The summed E-state index contributed by atoms with van der Waals surface area (Å²) in [5.74, 6) is 1.02. The molecule has 0 radical (unpaired) electrons. The van der Waals surface area contributed by atoms with E-state index in [4.69, 9.17) is 4.98 Å². The van der Waals surface area contributed by atoms with Crippen molar-refractivity contribution in [3.05, 3.63) is 112 Å². The highest BCUT2D eigenvalue weighted by Gasteiger charge is 2.26. The van der Waals surface area contributed by atoms with Crippen molar-refractivity contribution in [1.82, 2.24) is 20.2 Å². The Morgan fingerprint density at radius 3 is 2.67 bits per heavy atom. The zero-order valence-electron chi connectivity index (χ0n) is 20.3. The van der Waals surface area contributed by atoms with E-state index in [1.807, 2.05) is 12.3 Å². The summed E-state index contributed by atoms with van der Waals surface area (Å²) in [6.45, 7) is 3.45. The van der Waals surface area contributed by atoms with E-state index in [1.165, 1.54) is 22.3 Å². The van der Waals surface area contributed by atoms with Gasteiger partial charge in [0.05, 0.1) is 23.6 Å². The number of hydrogen-bond acceptors (Lipinski definition) is 5. The third kappa shape index (κ3) is 5.41. The number of aliphatic imine (C=N–C) groups is 1. The molecule has 2 N–H and O–H groups in total. The SMILES string of the molecule is C1=CC2=CC(N(Cc3ccc(CNCc4ccsc4)cc3)Cc3nc4ccccc4[nH]3)CCC2N=C1. The molecule has 2 aliphatic rings. The van der Waals surface area contributed by atoms with E-state index in [1.54, 1.807) is 11.3 Å². The maximum atomic E-state index is 4.88. The minimum Gasteiger partial charge on any atom is -0.341 e. The number of fused-ring (bicyclic) bond motifs is 2. The van der Waals surface area contributed by atoms with Gasteiger partial charge in [0.15, 0.2) is 0 Å². The van der Waals surface area contributed by atoms with Gasteiger partial charge in [0.25, 0.3) is 0 Å². The Hall–Kier alpha value is -3.32. The highest BCUT2D eigenvalue weighted by Crippen LogP contribution is 2.29. The van der Waals surface area contributed by atoms with Gasteiger partial charge in [-0.15, -0.1) is 0 Å². The number of H-pyrrole nitrogens is 1. The molecule has 3 heterocycles. The second kappa shape index (κ2) is 10.7. The minimum atomic E-state index is 0.320. The van der Waals surface area contributed by atoms with Gasteiger partial charge in [0, 0.05) is 31.9 Å². The molecule has 5 nitrogen and oxygen atoms in total. The molecule has 2 aromatic heterocycles. The number of imidazole rings is 1. The van der Waals surface area contributed by atoms with Crippen LogP contribution >= 0.6 is 11.3 Å². The van der Waals surface area contributed by atoms with Gasteiger partial charge in [-0.05, 0) is 70.1 Å². The summed E-state index contributed by atoms with van der Waals surface area (Å²) in [4.78, 5) is 15.6. The predicted octanol–water partition coefficient (Wildman–Crippen LogP) is 6.01. The largest absolute Gasteiger partial charge is 0.341 e. The third-order valence-corrected chi connectivity index (χ3v) is 7.79.